The van der Waals surface area contributed by atoms with Crippen molar-refractivity contribution in [3.63, 3.8) is 0 Å². The van der Waals surface area contributed by atoms with Gasteiger partial charge in [0.1, 0.15) is 10.7 Å². The summed E-state index contributed by atoms with van der Waals surface area (Å²) in [5, 5.41) is 6.36. The Bertz CT molecular complexity index is 757. The average Bonchev–Trinajstić information content (AvgIpc) is 2.82. The number of hydrogen-bond acceptors (Lipinski definition) is 5. The number of benzene rings is 1. The molecule has 1 aromatic carbocycles. The van der Waals surface area contributed by atoms with Gasteiger partial charge in [0.15, 0.2) is 9.84 Å². The van der Waals surface area contributed by atoms with Gasteiger partial charge in [-0.05, 0) is 31.5 Å². The van der Waals surface area contributed by atoms with Gasteiger partial charge in [-0.2, -0.15) is 0 Å². The average molecular weight is 342 g/mol. The minimum absolute atomic E-state index is 0.0668. The van der Waals surface area contributed by atoms with E-state index in [4.69, 9.17) is 0 Å². The van der Waals surface area contributed by atoms with Crippen molar-refractivity contribution >= 4 is 21.2 Å². The molecule has 1 atom stereocenters. The van der Waals surface area contributed by atoms with Gasteiger partial charge in [0, 0.05) is 30.6 Å². The lowest BCUT2D eigenvalue weighted by molar-refractivity contribution is 0.550. The van der Waals surface area contributed by atoms with Gasteiger partial charge < -0.3 is 5.32 Å². The van der Waals surface area contributed by atoms with Crippen LogP contribution in [0.4, 0.5) is 4.39 Å². The highest BCUT2D eigenvalue weighted by molar-refractivity contribution is 7.90. The highest BCUT2D eigenvalue weighted by Crippen LogP contribution is 2.20. The first-order valence-electron chi connectivity index (χ1n) is 6.91. The van der Waals surface area contributed by atoms with Crippen LogP contribution in [-0.2, 0) is 16.3 Å². The number of nitrogens with one attached hydrogen (secondary N) is 1. The third-order valence-electron chi connectivity index (χ3n) is 3.35. The molecule has 0 spiro atoms. The molecule has 4 nitrogen and oxygen atoms in total. The molecule has 1 heterocycles. The maximum atomic E-state index is 13.9. The van der Waals surface area contributed by atoms with Crippen LogP contribution in [0.1, 0.15) is 29.2 Å². The van der Waals surface area contributed by atoms with Crippen LogP contribution in [0.5, 0.6) is 0 Å². The minimum Gasteiger partial charge on any atom is -0.310 e. The van der Waals surface area contributed by atoms with Crippen LogP contribution in [-0.4, -0.2) is 26.2 Å². The van der Waals surface area contributed by atoms with Crippen molar-refractivity contribution in [1.29, 1.82) is 0 Å². The van der Waals surface area contributed by atoms with Crippen LogP contribution in [0, 0.1) is 12.7 Å². The highest BCUT2D eigenvalue weighted by atomic mass is 32.2. The molecule has 120 valence electrons. The summed E-state index contributed by atoms with van der Waals surface area (Å²) in [5.41, 5.74) is 1.76. The predicted octanol–water partition coefficient (Wildman–Crippen LogP) is 2.89. The van der Waals surface area contributed by atoms with Gasteiger partial charge in [-0.3, -0.25) is 0 Å². The number of sulfone groups is 1. The Hall–Kier alpha value is -1.31. The Kier molecular flexibility index (Phi) is 5.31. The second-order valence-electron chi connectivity index (χ2n) is 5.25. The summed E-state index contributed by atoms with van der Waals surface area (Å²) in [4.78, 5) is 4.12. The van der Waals surface area contributed by atoms with Crippen molar-refractivity contribution in [3.8, 4) is 0 Å². The van der Waals surface area contributed by atoms with Crippen molar-refractivity contribution in [1.82, 2.24) is 10.3 Å². The topological polar surface area (TPSA) is 59.1 Å². The third-order valence-corrected chi connectivity index (χ3v) is 5.31. The molecular formula is C15H19FN2O2S2. The van der Waals surface area contributed by atoms with Gasteiger partial charge in [0.05, 0.1) is 10.7 Å². The zero-order chi connectivity index (χ0) is 16.3. The van der Waals surface area contributed by atoms with E-state index in [1.54, 1.807) is 17.4 Å². The summed E-state index contributed by atoms with van der Waals surface area (Å²) in [6, 6.07) is 4.18. The van der Waals surface area contributed by atoms with E-state index in [1.165, 1.54) is 12.1 Å². The second kappa shape index (κ2) is 6.85. The molecular weight excluding hydrogens is 323 g/mol. The SMILES string of the molecule is Cc1nc(CCN[C@H](C)c2ccc(S(C)(=O)=O)c(F)c2)cs1. The van der Waals surface area contributed by atoms with E-state index >= 15 is 0 Å². The number of rotatable bonds is 6. The standard InChI is InChI=1S/C15H19FN2O2S2/c1-10(17-7-6-13-9-21-11(2)18-13)12-4-5-15(14(16)8-12)22(3,19)20/h4-5,8-10,17H,6-7H2,1-3H3/t10-/m1/s1. The number of thiazole rings is 1. The fourth-order valence-electron chi connectivity index (χ4n) is 2.14. The smallest absolute Gasteiger partial charge is 0.178 e. The van der Waals surface area contributed by atoms with Crippen molar-refractivity contribution in [2.75, 3.05) is 12.8 Å². The molecule has 0 aliphatic rings. The molecule has 2 aromatic rings. The fourth-order valence-corrected chi connectivity index (χ4v) is 3.52. The summed E-state index contributed by atoms with van der Waals surface area (Å²) in [6.07, 6.45) is 1.81. The predicted molar refractivity (Wildman–Crippen MR) is 86.5 cm³/mol. The molecule has 22 heavy (non-hydrogen) atoms. The van der Waals surface area contributed by atoms with Crippen molar-refractivity contribution < 1.29 is 12.8 Å². The maximum absolute atomic E-state index is 13.9. The zero-order valence-electron chi connectivity index (χ0n) is 12.8. The Morgan fingerprint density at radius 3 is 2.68 bits per heavy atom. The molecule has 2 rings (SSSR count). The van der Waals surface area contributed by atoms with Crippen LogP contribution in [0.2, 0.25) is 0 Å². The van der Waals surface area contributed by atoms with E-state index < -0.39 is 15.7 Å². The number of nitrogens with zero attached hydrogens (tertiary/aromatic N) is 1. The van der Waals surface area contributed by atoms with E-state index in [9.17, 15) is 12.8 Å². The Morgan fingerprint density at radius 2 is 2.14 bits per heavy atom. The fraction of sp³-hybridized carbons (Fsp3) is 0.400. The molecule has 0 saturated carbocycles. The lowest BCUT2D eigenvalue weighted by Crippen LogP contribution is -2.21. The monoisotopic (exact) mass is 342 g/mol. The third kappa shape index (κ3) is 4.34. The van der Waals surface area contributed by atoms with Gasteiger partial charge in [0.25, 0.3) is 0 Å². The Balaban J connectivity index is 1.98. The van der Waals surface area contributed by atoms with E-state index in [0.717, 1.165) is 35.5 Å². The zero-order valence-corrected chi connectivity index (χ0v) is 14.4. The highest BCUT2D eigenvalue weighted by Gasteiger charge is 2.15. The maximum Gasteiger partial charge on any atom is 0.178 e. The number of hydrogen-bond donors (Lipinski definition) is 1. The molecule has 0 aliphatic heterocycles. The lowest BCUT2D eigenvalue weighted by Gasteiger charge is -2.14. The van der Waals surface area contributed by atoms with E-state index in [1.807, 2.05) is 19.2 Å². The van der Waals surface area contributed by atoms with Gasteiger partial charge in [0.2, 0.25) is 0 Å². The molecule has 0 bridgehead atoms. The molecule has 0 aliphatic carbocycles. The summed E-state index contributed by atoms with van der Waals surface area (Å²) in [5.74, 6) is -0.705. The molecule has 0 radical (unpaired) electrons. The summed E-state index contributed by atoms with van der Waals surface area (Å²) in [6.45, 7) is 4.61. The first-order chi connectivity index (χ1) is 10.3. The molecule has 0 amide bonds. The van der Waals surface area contributed by atoms with Crippen LogP contribution in [0.15, 0.2) is 28.5 Å². The summed E-state index contributed by atoms with van der Waals surface area (Å²) >= 11 is 1.62. The van der Waals surface area contributed by atoms with Crippen molar-refractivity contribution in [2.24, 2.45) is 0 Å². The van der Waals surface area contributed by atoms with Crippen LogP contribution in [0.25, 0.3) is 0 Å². The lowest BCUT2D eigenvalue weighted by atomic mass is 10.1. The van der Waals surface area contributed by atoms with Crippen LogP contribution < -0.4 is 5.32 Å². The molecule has 1 N–H and O–H groups in total. The van der Waals surface area contributed by atoms with Crippen LogP contribution >= 0.6 is 11.3 Å². The normalized spacial score (nSPS) is 13.3. The van der Waals surface area contributed by atoms with E-state index in [-0.39, 0.29) is 10.9 Å². The van der Waals surface area contributed by atoms with Gasteiger partial charge >= 0.3 is 0 Å². The number of aryl methyl sites for hydroxylation is 1. The van der Waals surface area contributed by atoms with Gasteiger partial charge in [-0.25, -0.2) is 17.8 Å². The first kappa shape index (κ1) is 17.1. The Labute approximate surface area is 134 Å². The second-order valence-corrected chi connectivity index (χ2v) is 8.29. The van der Waals surface area contributed by atoms with Gasteiger partial charge in [-0.15, -0.1) is 11.3 Å². The van der Waals surface area contributed by atoms with Crippen LogP contribution in [0.3, 0.4) is 0 Å². The summed E-state index contributed by atoms with van der Waals surface area (Å²) in [7, 11) is -3.53. The van der Waals surface area contributed by atoms with E-state index in [2.05, 4.69) is 10.3 Å². The molecule has 7 heteroatoms. The number of aromatic nitrogens is 1. The van der Waals surface area contributed by atoms with Crippen molar-refractivity contribution in [3.05, 3.63) is 45.7 Å². The molecule has 0 unspecified atom stereocenters. The van der Waals surface area contributed by atoms with Crippen molar-refractivity contribution in [2.45, 2.75) is 31.2 Å². The number of halogens is 1. The minimum atomic E-state index is -3.53. The molecule has 0 fully saturated rings. The molecule has 1 aromatic heterocycles. The van der Waals surface area contributed by atoms with E-state index in [0.29, 0.717) is 0 Å². The molecule has 0 saturated heterocycles. The van der Waals surface area contributed by atoms with Gasteiger partial charge in [-0.1, -0.05) is 6.07 Å². The quantitative estimate of drug-likeness (QED) is 0.877. The first-order valence-corrected chi connectivity index (χ1v) is 9.68. The Morgan fingerprint density at radius 1 is 1.41 bits per heavy atom. The largest absolute Gasteiger partial charge is 0.310 e. The summed E-state index contributed by atoms with van der Waals surface area (Å²) < 4.78 is 36.7.